The van der Waals surface area contributed by atoms with Crippen LogP contribution in [0.4, 0.5) is 0 Å². The number of hydrogen-bond donors (Lipinski definition) is 2. The molecule has 3 nitrogen and oxygen atoms in total. The van der Waals surface area contributed by atoms with Gasteiger partial charge in [-0.3, -0.25) is 0 Å². The molecule has 2 N–H and O–H groups in total. The summed E-state index contributed by atoms with van der Waals surface area (Å²) >= 11 is 0. The van der Waals surface area contributed by atoms with Crippen molar-refractivity contribution in [1.29, 1.82) is 0 Å². The van der Waals surface area contributed by atoms with Crippen LogP contribution in [0.2, 0.25) is 0 Å². The molecule has 2 rings (SSSR count). The van der Waals surface area contributed by atoms with Gasteiger partial charge in [0.2, 0.25) is 0 Å². The first kappa shape index (κ1) is 14.4. The predicted octanol–water partition coefficient (Wildman–Crippen LogP) is 2.99. The molecule has 106 valence electrons. The van der Waals surface area contributed by atoms with Gasteiger partial charge in [-0.15, -0.1) is 0 Å². The van der Waals surface area contributed by atoms with Gasteiger partial charge in [-0.25, -0.2) is 0 Å². The molecule has 0 unspecified atom stereocenters. The SMILES string of the molecule is C[C@@H](COc1ccccc1)NCCc1ccc(O)cc1. The highest BCUT2D eigenvalue weighted by Gasteiger charge is 2.02. The summed E-state index contributed by atoms with van der Waals surface area (Å²) in [6.07, 6.45) is 0.940. The largest absolute Gasteiger partial charge is 0.508 e. The van der Waals surface area contributed by atoms with Crippen molar-refractivity contribution in [2.45, 2.75) is 19.4 Å². The number of ether oxygens (including phenoxy) is 1. The number of benzene rings is 2. The van der Waals surface area contributed by atoms with Crippen molar-refractivity contribution in [2.24, 2.45) is 0 Å². The van der Waals surface area contributed by atoms with Crippen LogP contribution in [0, 0.1) is 0 Å². The number of rotatable bonds is 7. The van der Waals surface area contributed by atoms with Crippen LogP contribution < -0.4 is 10.1 Å². The molecule has 0 amide bonds. The molecule has 0 radical (unpaired) electrons. The van der Waals surface area contributed by atoms with E-state index in [4.69, 9.17) is 4.74 Å². The van der Waals surface area contributed by atoms with Gasteiger partial charge in [0.15, 0.2) is 0 Å². The summed E-state index contributed by atoms with van der Waals surface area (Å²) in [6.45, 7) is 3.66. The van der Waals surface area contributed by atoms with Crippen molar-refractivity contribution in [3.63, 3.8) is 0 Å². The monoisotopic (exact) mass is 271 g/mol. The van der Waals surface area contributed by atoms with Crippen molar-refractivity contribution in [3.05, 3.63) is 60.2 Å². The van der Waals surface area contributed by atoms with Gasteiger partial charge in [0.05, 0.1) is 0 Å². The Labute approximate surface area is 120 Å². The number of para-hydroxylation sites is 1. The van der Waals surface area contributed by atoms with E-state index in [9.17, 15) is 5.11 Å². The van der Waals surface area contributed by atoms with Crippen LogP contribution in [-0.2, 0) is 6.42 Å². The van der Waals surface area contributed by atoms with Crippen LogP contribution in [-0.4, -0.2) is 24.3 Å². The minimum Gasteiger partial charge on any atom is -0.508 e. The Bertz CT molecular complexity index is 496. The summed E-state index contributed by atoms with van der Waals surface area (Å²) in [5.74, 6) is 1.21. The molecular formula is C17H21NO2. The van der Waals surface area contributed by atoms with Crippen LogP contribution in [0.1, 0.15) is 12.5 Å². The zero-order valence-corrected chi connectivity index (χ0v) is 11.8. The van der Waals surface area contributed by atoms with Gasteiger partial charge >= 0.3 is 0 Å². The van der Waals surface area contributed by atoms with E-state index in [0.29, 0.717) is 18.4 Å². The molecule has 0 spiro atoms. The molecule has 0 heterocycles. The highest BCUT2D eigenvalue weighted by Crippen LogP contribution is 2.10. The molecule has 0 fully saturated rings. The highest BCUT2D eigenvalue weighted by atomic mass is 16.5. The topological polar surface area (TPSA) is 41.5 Å². The molecule has 0 saturated carbocycles. The summed E-state index contributed by atoms with van der Waals surface area (Å²) in [5, 5.41) is 12.6. The van der Waals surface area contributed by atoms with Gasteiger partial charge in [0, 0.05) is 6.04 Å². The van der Waals surface area contributed by atoms with Crippen molar-refractivity contribution < 1.29 is 9.84 Å². The molecule has 0 aliphatic rings. The summed E-state index contributed by atoms with van der Waals surface area (Å²) in [4.78, 5) is 0. The summed E-state index contributed by atoms with van der Waals surface area (Å²) in [7, 11) is 0. The second-order valence-corrected chi connectivity index (χ2v) is 4.90. The van der Waals surface area contributed by atoms with Crippen molar-refractivity contribution >= 4 is 0 Å². The van der Waals surface area contributed by atoms with E-state index in [2.05, 4.69) is 12.2 Å². The van der Waals surface area contributed by atoms with Crippen LogP contribution in [0.15, 0.2) is 54.6 Å². The number of aromatic hydroxyl groups is 1. The maximum atomic E-state index is 9.22. The van der Waals surface area contributed by atoms with Crippen LogP contribution in [0.25, 0.3) is 0 Å². The number of phenolic OH excluding ortho intramolecular Hbond substituents is 1. The Kier molecular flexibility index (Phi) is 5.44. The Balaban J connectivity index is 1.65. The normalized spacial score (nSPS) is 12.1. The third-order valence-electron chi connectivity index (χ3n) is 3.09. The third kappa shape index (κ3) is 4.94. The first-order valence-electron chi connectivity index (χ1n) is 6.93. The fraction of sp³-hybridized carbons (Fsp3) is 0.294. The molecular weight excluding hydrogens is 250 g/mol. The molecule has 0 aliphatic carbocycles. The summed E-state index contributed by atoms with van der Waals surface area (Å²) in [6, 6.07) is 17.5. The maximum absolute atomic E-state index is 9.22. The molecule has 3 heteroatoms. The van der Waals surface area contributed by atoms with Gasteiger partial charge in [-0.2, -0.15) is 0 Å². The Hall–Kier alpha value is -2.00. The van der Waals surface area contributed by atoms with E-state index >= 15 is 0 Å². The lowest BCUT2D eigenvalue weighted by Crippen LogP contribution is -2.33. The number of hydrogen-bond acceptors (Lipinski definition) is 3. The Morgan fingerprint density at radius 3 is 2.45 bits per heavy atom. The zero-order chi connectivity index (χ0) is 14.2. The second kappa shape index (κ2) is 7.56. The molecule has 20 heavy (non-hydrogen) atoms. The lowest BCUT2D eigenvalue weighted by Gasteiger charge is -2.15. The first-order chi connectivity index (χ1) is 9.74. The number of phenols is 1. The lowest BCUT2D eigenvalue weighted by molar-refractivity contribution is 0.274. The molecule has 0 saturated heterocycles. The highest BCUT2D eigenvalue weighted by molar-refractivity contribution is 5.26. The average molecular weight is 271 g/mol. The smallest absolute Gasteiger partial charge is 0.119 e. The predicted molar refractivity (Wildman–Crippen MR) is 81.2 cm³/mol. The molecule has 0 bridgehead atoms. The standard InChI is InChI=1S/C17H21NO2/c1-14(13-20-17-5-3-2-4-6-17)18-12-11-15-7-9-16(19)10-8-15/h2-10,14,18-19H,11-13H2,1H3/t14-/m0/s1. The summed E-state index contributed by atoms with van der Waals surface area (Å²) in [5.41, 5.74) is 1.21. The van der Waals surface area contributed by atoms with E-state index in [0.717, 1.165) is 18.7 Å². The van der Waals surface area contributed by atoms with Gasteiger partial charge in [-0.1, -0.05) is 30.3 Å². The zero-order valence-electron chi connectivity index (χ0n) is 11.8. The Morgan fingerprint density at radius 2 is 1.75 bits per heavy atom. The van der Waals surface area contributed by atoms with Crippen molar-refractivity contribution in [3.8, 4) is 11.5 Å². The fourth-order valence-corrected chi connectivity index (χ4v) is 1.92. The van der Waals surface area contributed by atoms with Gasteiger partial charge in [0.1, 0.15) is 18.1 Å². The van der Waals surface area contributed by atoms with Gasteiger partial charge in [0.25, 0.3) is 0 Å². The van der Waals surface area contributed by atoms with Gasteiger partial charge < -0.3 is 15.2 Å². The minimum absolute atomic E-state index is 0.298. The third-order valence-corrected chi connectivity index (χ3v) is 3.09. The van der Waals surface area contributed by atoms with Crippen molar-refractivity contribution in [2.75, 3.05) is 13.2 Å². The molecule has 0 aliphatic heterocycles. The molecule has 2 aromatic carbocycles. The lowest BCUT2D eigenvalue weighted by atomic mass is 10.1. The van der Waals surface area contributed by atoms with E-state index in [1.165, 1.54) is 5.56 Å². The fourth-order valence-electron chi connectivity index (χ4n) is 1.92. The minimum atomic E-state index is 0.298. The molecule has 1 atom stereocenters. The average Bonchev–Trinajstić information content (AvgIpc) is 2.48. The van der Waals surface area contributed by atoms with Crippen molar-refractivity contribution in [1.82, 2.24) is 5.32 Å². The van der Waals surface area contributed by atoms with Crippen LogP contribution in [0.3, 0.4) is 0 Å². The van der Waals surface area contributed by atoms with Gasteiger partial charge in [-0.05, 0) is 49.7 Å². The van der Waals surface area contributed by atoms with E-state index in [1.807, 2.05) is 42.5 Å². The first-order valence-corrected chi connectivity index (χ1v) is 6.93. The molecule has 0 aromatic heterocycles. The second-order valence-electron chi connectivity index (χ2n) is 4.90. The Morgan fingerprint density at radius 1 is 1.05 bits per heavy atom. The quantitative estimate of drug-likeness (QED) is 0.813. The van der Waals surface area contributed by atoms with Crippen LogP contribution >= 0.6 is 0 Å². The number of nitrogens with one attached hydrogen (secondary N) is 1. The summed E-state index contributed by atoms with van der Waals surface area (Å²) < 4.78 is 5.69. The van der Waals surface area contributed by atoms with E-state index < -0.39 is 0 Å². The van der Waals surface area contributed by atoms with Crippen LogP contribution in [0.5, 0.6) is 11.5 Å². The van der Waals surface area contributed by atoms with E-state index in [-0.39, 0.29) is 0 Å². The maximum Gasteiger partial charge on any atom is 0.119 e. The molecule has 2 aromatic rings. The van der Waals surface area contributed by atoms with E-state index in [1.54, 1.807) is 12.1 Å².